The average Bonchev–Trinajstić information content (AvgIpc) is 1.59. The van der Waals surface area contributed by atoms with Gasteiger partial charge in [0.15, 0.2) is 0 Å². The van der Waals surface area contributed by atoms with Crippen LogP contribution in [0, 0.1) is 5.92 Å². The first kappa shape index (κ1) is 8.87. The Balaban J connectivity index is 3.53. The third kappa shape index (κ3) is 7.87. The van der Waals surface area contributed by atoms with Gasteiger partial charge in [0, 0.05) is 6.54 Å². The van der Waals surface area contributed by atoms with Crippen LogP contribution >= 0.6 is 0 Å². The molecular formula is C4H11NO3S. The quantitative estimate of drug-likeness (QED) is 0.562. The predicted octanol–water partition coefficient (Wildman–Crippen LogP) is 0.0348. The highest BCUT2D eigenvalue weighted by Gasteiger charge is 2.02. The molecule has 0 fully saturated rings. The maximum absolute atomic E-state index is 9.98. The molecule has 4 nitrogen and oxygen atoms in total. The summed E-state index contributed by atoms with van der Waals surface area (Å²) in [5.74, 6) is 0.215. The van der Waals surface area contributed by atoms with Crippen LogP contribution in [0.2, 0.25) is 0 Å². The minimum Gasteiger partial charge on any atom is -0.273 e. The van der Waals surface area contributed by atoms with Gasteiger partial charge < -0.3 is 0 Å². The van der Waals surface area contributed by atoms with Gasteiger partial charge in [-0.05, 0) is 5.92 Å². The van der Waals surface area contributed by atoms with E-state index in [4.69, 9.17) is 4.55 Å². The van der Waals surface area contributed by atoms with Gasteiger partial charge in [0.2, 0.25) is 0 Å². The molecule has 56 valence electrons. The Labute approximate surface area is 55.1 Å². The maximum Gasteiger partial charge on any atom is 0.333 e. The molecule has 9 heavy (non-hydrogen) atoms. The van der Waals surface area contributed by atoms with Crippen molar-refractivity contribution in [3.8, 4) is 0 Å². The lowest BCUT2D eigenvalue weighted by Crippen LogP contribution is -2.26. The van der Waals surface area contributed by atoms with Crippen molar-refractivity contribution in [1.29, 1.82) is 0 Å². The van der Waals surface area contributed by atoms with Crippen LogP contribution in [0.25, 0.3) is 0 Å². The summed E-state index contributed by atoms with van der Waals surface area (Å²) >= 11 is 0. The van der Waals surface area contributed by atoms with E-state index in [0.29, 0.717) is 0 Å². The summed E-state index contributed by atoms with van der Waals surface area (Å²) in [7, 11) is -3.97. The van der Waals surface area contributed by atoms with Gasteiger partial charge in [-0.2, -0.15) is 13.1 Å². The van der Waals surface area contributed by atoms with E-state index in [0.717, 1.165) is 0 Å². The Morgan fingerprint density at radius 2 is 2.00 bits per heavy atom. The summed E-state index contributed by atoms with van der Waals surface area (Å²) in [6.07, 6.45) is 0. The SMILES string of the molecule is CC(C)CNS(=O)(=O)O. The second-order valence-electron chi connectivity index (χ2n) is 2.22. The summed E-state index contributed by atoms with van der Waals surface area (Å²) in [4.78, 5) is 0. The van der Waals surface area contributed by atoms with Crippen LogP contribution < -0.4 is 4.72 Å². The largest absolute Gasteiger partial charge is 0.333 e. The lowest BCUT2D eigenvalue weighted by Gasteiger charge is -2.02. The van der Waals surface area contributed by atoms with E-state index in [1.54, 1.807) is 0 Å². The van der Waals surface area contributed by atoms with Crippen LogP contribution in [0.15, 0.2) is 0 Å². The molecule has 2 N–H and O–H groups in total. The fraction of sp³-hybridized carbons (Fsp3) is 1.00. The van der Waals surface area contributed by atoms with Crippen LogP contribution in [0.5, 0.6) is 0 Å². The molecule has 0 aliphatic rings. The lowest BCUT2D eigenvalue weighted by atomic mass is 10.2. The van der Waals surface area contributed by atoms with Crippen LogP contribution in [-0.4, -0.2) is 19.5 Å². The Hall–Kier alpha value is -0.130. The summed E-state index contributed by atoms with van der Waals surface area (Å²) in [6, 6.07) is 0. The Kier molecular flexibility index (Phi) is 3.10. The van der Waals surface area contributed by atoms with Gasteiger partial charge in [-0.25, -0.2) is 0 Å². The first-order valence-electron chi connectivity index (χ1n) is 2.64. The van der Waals surface area contributed by atoms with Gasteiger partial charge in [-0.15, -0.1) is 0 Å². The van der Waals surface area contributed by atoms with E-state index in [1.165, 1.54) is 0 Å². The van der Waals surface area contributed by atoms with E-state index in [1.807, 2.05) is 18.6 Å². The van der Waals surface area contributed by atoms with Gasteiger partial charge in [0.1, 0.15) is 0 Å². The highest BCUT2D eigenvalue weighted by molar-refractivity contribution is 7.83. The molecule has 0 aromatic rings. The Morgan fingerprint density at radius 1 is 1.56 bits per heavy atom. The fourth-order valence-corrected chi connectivity index (χ4v) is 0.816. The normalized spacial score (nSPS) is 12.4. The molecule has 0 aromatic carbocycles. The van der Waals surface area contributed by atoms with Gasteiger partial charge in [-0.3, -0.25) is 4.55 Å². The molecule has 0 bridgehead atoms. The molecule has 0 radical (unpaired) electrons. The van der Waals surface area contributed by atoms with E-state index in [2.05, 4.69) is 0 Å². The van der Waals surface area contributed by atoms with Crippen LogP contribution in [0.1, 0.15) is 13.8 Å². The van der Waals surface area contributed by atoms with E-state index >= 15 is 0 Å². The molecule has 0 unspecified atom stereocenters. The minimum absolute atomic E-state index is 0.215. The predicted molar refractivity (Wildman–Crippen MR) is 34.4 cm³/mol. The molecule has 0 aromatic heterocycles. The first-order valence-corrected chi connectivity index (χ1v) is 4.08. The Bertz CT molecular complexity index is 161. The number of nitrogens with one attached hydrogen (secondary N) is 1. The average molecular weight is 153 g/mol. The van der Waals surface area contributed by atoms with Gasteiger partial charge >= 0.3 is 10.3 Å². The molecule has 0 heterocycles. The number of rotatable bonds is 3. The van der Waals surface area contributed by atoms with Crippen molar-refractivity contribution in [1.82, 2.24) is 4.72 Å². The van der Waals surface area contributed by atoms with Crippen LogP contribution in [0.3, 0.4) is 0 Å². The highest BCUT2D eigenvalue weighted by atomic mass is 32.2. The third-order valence-corrected chi connectivity index (χ3v) is 1.21. The van der Waals surface area contributed by atoms with Crippen molar-refractivity contribution in [2.24, 2.45) is 5.92 Å². The van der Waals surface area contributed by atoms with E-state index in [-0.39, 0.29) is 12.5 Å². The standard InChI is InChI=1S/C4H11NO3S/c1-4(2)3-5-9(6,7)8/h4-5H,3H2,1-2H3,(H,6,7,8). The molecule has 0 saturated heterocycles. The lowest BCUT2D eigenvalue weighted by molar-refractivity contribution is 0.459. The fourth-order valence-electron chi connectivity index (χ4n) is 0.272. The molecule has 0 spiro atoms. The number of hydrogen-bond acceptors (Lipinski definition) is 2. The van der Waals surface area contributed by atoms with E-state index in [9.17, 15) is 8.42 Å². The zero-order valence-corrected chi connectivity index (χ0v) is 6.27. The molecular weight excluding hydrogens is 142 g/mol. The molecule has 0 amide bonds. The summed E-state index contributed by atoms with van der Waals surface area (Å²) in [5.41, 5.74) is 0. The Morgan fingerprint density at radius 3 is 2.11 bits per heavy atom. The summed E-state index contributed by atoms with van der Waals surface area (Å²) in [5, 5.41) is 0. The second-order valence-corrected chi connectivity index (χ2v) is 3.46. The van der Waals surface area contributed by atoms with Crippen molar-refractivity contribution >= 4 is 10.3 Å². The topological polar surface area (TPSA) is 66.4 Å². The third-order valence-electron chi connectivity index (χ3n) is 0.674. The molecule has 5 heteroatoms. The van der Waals surface area contributed by atoms with Crippen LogP contribution in [0.4, 0.5) is 0 Å². The molecule has 0 atom stereocenters. The smallest absolute Gasteiger partial charge is 0.273 e. The van der Waals surface area contributed by atoms with Crippen molar-refractivity contribution < 1.29 is 13.0 Å². The molecule has 0 aliphatic heterocycles. The maximum atomic E-state index is 9.98. The number of hydrogen-bond donors (Lipinski definition) is 2. The highest BCUT2D eigenvalue weighted by Crippen LogP contribution is 1.87. The van der Waals surface area contributed by atoms with Gasteiger partial charge in [0.25, 0.3) is 0 Å². The van der Waals surface area contributed by atoms with Crippen molar-refractivity contribution in [3.63, 3.8) is 0 Å². The first-order chi connectivity index (χ1) is 3.92. The van der Waals surface area contributed by atoms with Gasteiger partial charge in [-0.1, -0.05) is 13.8 Å². The minimum atomic E-state index is -3.97. The van der Waals surface area contributed by atoms with Gasteiger partial charge in [0.05, 0.1) is 0 Å². The summed E-state index contributed by atoms with van der Waals surface area (Å²) in [6.45, 7) is 3.97. The van der Waals surface area contributed by atoms with Crippen LogP contribution in [-0.2, 0) is 10.3 Å². The van der Waals surface area contributed by atoms with Crippen molar-refractivity contribution in [2.75, 3.05) is 6.54 Å². The van der Waals surface area contributed by atoms with Crippen molar-refractivity contribution in [3.05, 3.63) is 0 Å². The zero-order chi connectivity index (χ0) is 7.49. The van der Waals surface area contributed by atoms with E-state index < -0.39 is 10.3 Å². The molecule has 0 saturated carbocycles. The molecule has 0 rings (SSSR count). The zero-order valence-electron chi connectivity index (χ0n) is 5.46. The molecule has 0 aliphatic carbocycles. The van der Waals surface area contributed by atoms with Crippen molar-refractivity contribution in [2.45, 2.75) is 13.8 Å². The monoisotopic (exact) mass is 153 g/mol. The second kappa shape index (κ2) is 3.14. The summed E-state index contributed by atoms with van der Waals surface area (Å²) < 4.78 is 30.0.